The SMILES string of the molecule is Cn1ccc(-c2nc(N)c(C(=O)NC3CCC(C(F)(F)F)CC3)nc2-c2ccc3ncccc3c2)n1. The largest absolute Gasteiger partial charge is 0.391 e. The lowest BCUT2D eigenvalue weighted by Crippen LogP contribution is -2.40. The Hall–Kier alpha value is -4.02. The number of nitrogen functional groups attached to an aromatic ring is 1. The van der Waals surface area contributed by atoms with Crippen LogP contribution in [0.25, 0.3) is 33.5 Å². The number of aromatic nitrogens is 5. The summed E-state index contributed by atoms with van der Waals surface area (Å²) in [6, 6.07) is 10.7. The van der Waals surface area contributed by atoms with Gasteiger partial charge in [0.2, 0.25) is 0 Å². The highest BCUT2D eigenvalue weighted by Gasteiger charge is 2.41. The Bertz CT molecular complexity index is 1420. The van der Waals surface area contributed by atoms with Gasteiger partial charge in [0.15, 0.2) is 11.5 Å². The first kappa shape index (κ1) is 23.7. The molecule has 0 spiro atoms. The van der Waals surface area contributed by atoms with Crippen LogP contribution < -0.4 is 11.1 Å². The number of fused-ring (bicyclic) bond motifs is 1. The average molecular weight is 496 g/mol. The van der Waals surface area contributed by atoms with Crippen molar-refractivity contribution in [2.45, 2.75) is 37.9 Å². The van der Waals surface area contributed by atoms with Crippen LogP contribution in [0.3, 0.4) is 0 Å². The van der Waals surface area contributed by atoms with E-state index in [4.69, 9.17) is 5.73 Å². The van der Waals surface area contributed by atoms with Crippen molar-refractivity contribution in [2.24, 2.45) is 13.0 Å². The molecule has 36 heavy (non-hydrogen) atoms. The quantitative estimate of drug-likeness (QED) is 0.430. The molecule has 1 amide bonds. The summed E-state index contributed by atoms with van der Waals surface area (Å²) >= 11 is 0. The molecule has 5 rings (SSSR count). The maximum Gasteiger partial charge on any atom is 0.391 e. The fourth-order valence-electron chi connectivity index (χ4n) is 4.58. The van der Waals surface area contributed by atoms with E-state index in [1.165, 1.54) is 0 Å². The number of aryl methyl sites for hydroxylation is 1. The number of carbonyl (C=O) groups excluding carboxylic acids is 1. The highest BCUT2D eigenvalue weighted by Crippen LogP contribution is 2.38. The Morgan fingerprint density at radius 3 is 2.56 bits per heavy atom. The fourth-order valence-corrected chi connectivity index (χ4v) is 4.58. The molecule has 0 unspecified atom stereocenters. The fraction of sp³-hybridized carbons (Fsp3) is 0.320. The Labute approximate surface area is 204 Å². The smallest absolute Gasteiger partial charge is 0.382 e. The number of halogens is 3. The number of carbonyl (C=O) groups is 1. The van der Waals surface area contributed by atoms with E-state index >= 15 is 0 Å². The maximum absolute atomic E-state index is 13.1. The van der Waals surface area contributed by atoms with Gasteiger partial charge < -0.3 is 11.1 Å². The van der Waals surface area contributed by atoms with Gasteiger partial charge in [0.05, 0.1) is 17.1 Å². The Kier molecular flexibility index (Phi) is 6.07. The molecule has 1 aliphatic rings. The van der Waals surface area contributed by atoms with Crippen LogP contribution in [0.1, 0.15) is 36.2 Å². The summed E-state index contributed by atoms with van der Waals surface area (Å²) in [7, 11) is 1.77. The molecule has 186 valence electrons. The number of nitrogens with one attached hydrogen (secondary N) is 1. The van der Waals surface area contributed by atoms with E-state index in [9.17, 15) is 18.0 Å². The zero-order valence-electron chi connectivity index (χ0n) is 19.5. The minimum atomic E-state index is -4.21. The van der Waals surface area contributed by atoms with Crippen molar-refractivity contribution < 1.29 is 18.0 Å². The summed E-state index contributed by atoms with van der Waals surface area (Å²) in [6.45, 7) is 0. The predicted molar refractivity (Wildman–Crippen MR) is 129 cm³/mol. The highest BCUT2D eigenvalue weighted by atomic mass is 19.4. The van der Waals surface area contributed by atoms with Crippen molar-refractivity contribution in [3.8, 4) is 22.6 Å². The summed E-state index contributed by atoms with van der Waals surface area (Å²) in [5, 5.41) is 8.10. The van der Waals surface area contributed by atoms with Crippen molar-refractivity contribution in [3.05, 3.63) is 54.5 Å². The number of nitrogens with two attached hydrogens (primary N) is 1. The Morgan fingerprint density at radius 1 is 1.08 bits per heavy atom. The molecule has 1 fully saturated rings. The van der Waals surface area contributed by atoms with E-state index in [0.29, 0.717) is 22.6 Å². The Balaban J connectivity index is 1.49. The van der Waals surface area contributed by atoms with Crippen LogP contribution in [0.2, 0.25) is 0 Å². The van der Waals surface area contributed by atoms with E-state index in [1.54, 1.807) is 30.2 Å². The summed E-state index contributed by atoms with van der Waals surface area (Å²) in [5.41, 5.74) is 8.95. The zero-order valence-corrected chi connectivity index (χ0v) is 19.5. The van der Waals surface area contributed by atoms with E-state index in [0.717, 1.165) is 10.9 Å². The molecule has 1 aliphatic carbocycles. The van der Waals surface area contributed by atoms with Gasteiger partial charge in [-0.25, -0.2) is 9.97 Å². The minimum Gasteiger partial charge on any atom is -0.382 e. The molecule has 0 atom stereocenters. The van der Waals surface area contributed by atoms with Gasteiger partial charge in [-0.2, -0.15) is 18.3 Å². The van der Waals surface area contributed by atoms with Gasteiger partial charge in [-0.3, -0.25) is 14.5 Å². The number of amides is 1. The molecule has 0 aliphatic heterocycles. The van der Waals surface area contributed by atoms with Gasteiger partial charge >= 0.3 is 6.18 Å². The second-order valence-electron chi connectivity index (χ2n) is 9.00. The lowest BCUT2D eigenvalue weighted by atomic mass is 9.85. The first-order valence-corrected chi connectivity index (χ1v) is 11.6. The summed E-state index contributed by atoms with van der Waals surface area (Å²) in [4.78, 5) is 26.5. The molecule has 3 heterocycles. The van der Waals surface area contributed by atoms with Crippen molar-refractivity contribution >= 4 is 22.6 Å². The third-order valence-electron chi connectivity index (χ3n) is 6.50. The molecule has 4 aromatic rings. The maximum atomic E-state index is 13.1. The topological polar surface area (TPSA) is 112 Å². The second kappa shape index (κ2) is 9.21. The number of hydrogen-bond acceptors (Lipinski definition) is 6. The van der Waals surface area contributed by atoms with Gasteiger partial charge in [0.1, 0.15) is 11.4 Å². The molecular weight excluding hydrogens is 471 g/mol. The van der Waals surface area contributed by atoms with Gasteiger partial charge in [0.25, 0.3) is 5.91 Å². The van der Waals surface area contributed by atoms with Gasteiger partial charge in [-0.1, -0.05) is 12.1 Å². The number of rotatable bonds is 4. The molecule has 1 aromatic carbocycles. The van der Waals surface area contributed by atoms with E-state index in [-0.39, 0.29) is 43.2 Å². The normalized spacial score (nSPS) is 18.3. The molecule has 0 saturated heterocycles. The minimum absolute atomic E-state index is 0.0232. The van der Waals surface area contributed by atoms with Crippen molar-refractivity contribution in [3.63, 3.8) is 0 Å². The molecule has 0 radical (unpaired) electrons. The number of alkyl halides is 3. The lowest BCUT2D eigenvalue weighted by molar-refractivity contribution is -0.182. The lowest BCUT2D eigenvalue weighted by Gasteiger charge is -2.30. The standard InChI is InChI=1S/C25H24F3N7O/c1-35-12-10-19(34-35)21-20(15-4-9-18-14(13-15)3-2-11-30-18)32-22(23(29)33-21)24(36)31-17-7-5-16(6-8-17)25(26,27)28/h2-4,9-13,16-17H,5-8H2,1H3,(H2,29,33)(H,31,36). The van der Waals surface area contributed by atoms with Crippen LogP contribution in [0.5, 0.6) is 0 Å². The third kappa shape index (κ3) is 4.73. The summed E-state index contributed by atoms with van der Waals surface area (Å²) < 4.78 is 40.6. The zero-order chi connectivity index (χ0) is 25.4. The van der Waals surface area contributed by atoms with E-state index < -0.39 is 18.0 Å². The average Bonchev–Trinajstić information content (AvgIpc) is 3.29. The number of pyridine rings is 1. The van der Waals surface area contributed by atoms with Crippen LogP contribution in [-0.2, 0) is 7.05 Å². The van der Waals surface area contributed by atoms with Crippen LogP contribution in [0.15, 0.2) is 48.8 Å². The number of benzene rings is 1. The van der Waals surface area contributed by atoms with Gasteiger partial charge in [-0.15, -0.1) is 0 Å². The molecule has 11 heteroatoms. The Morgan fingerprint density at radius 2 is 1.86 bits per heavy atom. The first-order valence-electron chi connectivity index (χ1n) is 11.6. The number of nitrogens with zero attached hydrogens (tertiary/aromatic N) is 5. The molecular formula is C25H24F3N7O. The summed E-state index contributed by atoms with van der Waals surface area (Å²) in [5.74, 6) is -1.97. The van der Waals surface area contributed by atoms with Crippen LogP contribution in [0.4, 0.5) is 19.0 Å². The molecule has 1 saturated carbocycles. The van der Waals surface area contributed by atoms with Crippen molar-refractivity contribution in [2.75, 3.05) is 5.73 Å². The van der Waals surface area contributed by atoms with E-state index in [1.807, 2.05) is 30.3 Å². The second-order valence-corrected chi connectivity index (χ2v) is 9.00. The molecule has 3 N–H and O–H groups in total. The van der Waals surface area contributed by atoms with Crippen molar-refractivity contribution in [1.82, 2.24) is 30.0 Å². The van der Waals surface area contributed by atoms with Crippen LogP contribution in [0, 0.1) is 5.92 Å². The van der Waals surface area contributed by atoms with Gasteiger partial charge in [0, 0.05) is 36.4 Å². The number of anilines is 1. The monoisotopic (exact) mass is 495 g/mol. The molecule has 8 nitrogen and oxygen atoms in total. The predicted octanol–water partition coefficient (Wildman–Crippen LogP) is 4.53. The highest BCUT2D eigenvalue weighted by molar-refractivity contribution is 5.98. The first-order chi connectivity index (χ1) is 17.2. The summed E-state index contributed by atoms with van der Waals surface area (Å²) in [6.07, 6.45) is -0.320. The van der Waals surface area contributed by atoms with Crippen LogP contribution >= 0.6 is 0 Å². The molecule has 0 bridgehead atoms. The van der Waals surface area contributed by atoms with E-state index in [2.05, 4.69) is 25.4 Å². The van der Waals surface area contributed by atoms with Crippen molar-refractivity contribution in [1.29, 1.82) is 0 Å². The van der Waals surface area contributed by atoms with Gasteiger partial charge in [-0.05, 0) is 49.9 Å². The molecule has 3 aromatic heterocycles. The number of hydrogen-bond donors (Lipinski definition) is 2. The van der Waals surface area contributed by atoms with Crippen LogP contribution in [-0.4, -0.2) is 42.9 Å². The third-order valence-corrected chi connectivity index (χ3v) is 6.50.